The second-order valence-corrected chi connectivity index (χ2v) is 6.69. The van der Waals surface area contributed by atoms with Gasteiger partial charge in [-0.25, -0.2) is 0 Å². The summed E-state index contributed by atoms with van der Waals surface area (Å²) < 4.78 is 0. The maximum Gasteiger partial charge on any atom is 0.256 e. The zero-order valence-corrected chi connectivity index (χ0v) is 13.2. The molecule has 2 aromatic rings. The molecule has 0 atom stereocenters. The normalized spacial score (nSPS) is 14.1. The monoisotopic (exact) mass is 300 g/mol. The van der Waals surface area contributed by atoms with Gasteiger partial charge in [0.05, 0.1) is 5.56 Å². The molecule has 0 saturated carbocycles. The van der Waals surface area contributed by atoms with Crippen molar-refractivity contribution in [2.45, 2.75) is 32.9 Å². The fourth-order valence-corrected chi connectivity index (χ4v) is 3.59. The highest BCUT2D eigenvalue weighted by Gasteiger charge is 2.24. The quantitative estimate of drug-likeness (QED) is 0.936. The van der Waals surface area contributed by atoms with E-state index in [-0.39, 0.29) is 5.91 Å². The van der Waals surface area contributed by atoms with Crippen LogP contribution < -0.4 is 5.32 Å². The summed E-state index contributed by atoms with van der Waals surface area (Å²) in [4.78, 5) is 16.2. The van der Waals surface area contributed by atoms with Gasteiger partial charge >= 0.3 is 0 Å². The third-order valence-electron chi connectivity index (χ3n) is 3.70. The first-order chi connectivity index (χ1) is 10.1. The van der Waals surface area contributed by atoms with E-state index in [1.165, 1.54) is 10.4 Å². The molecule has 21 heavy (non-hydrogen) atoms. The molecule has 1 aliphatic rings. The molecule has 1 aromatic carbocycles. The summed E-state index contributed by atoms with van der Waals surface area (Å²) in [7, 11) is 0. The maximum atomic E-state index is 12.8. The topological polar surface area (TPSA) is 32.3 Å². The van der Waals surface area contributed by atoms with Gasteiger partial charge in [-0.15, -0.1) is 11.3 Å². The van der Waals surface area contributed by atoms with E-state index in [9.17, 15) is 4.79 Å². The van der Waals surface area contributed by atoms with E-state index in [4.69, 9.17) is 0 Å². The number of para-hydroxylation sites is 1. The summed E-state index contributed by atoms with van der Waals surface area (Å²) in [6, 6.07) is 10.2. The van der Waals surface area contributed by atoms with Gasteiger partial charge in [0.1, 0.15) is 0 Å². The van der Waals surface area contributed by atoms with Crippen molar-refractivity contribution in [3.8, 4) is 0 Å². The standard InChI is InChI=1S/C17H20N2OS/c1-12(2)18-15-6-4-3-5-14(15)17(20)19-9-7-16-13(11-19)8-10-21-16/h3-6,8,10,12,18H,7,9,11H2,1-2H3. The van der Waals surface area contributed by atoms with Gasteiger partial charge in [0.25, 0.3) is 5.91 Å². The van der Waals surface area contributed by atoms with Gasteiger partial charge in [-0.1, -0.05) is 12.1 Å². The molecular weight excluding hydrogens is 280 g/mol. The average Bonchev–Trinajstić information content (AvgIpc) is 2.94. The van der Waals surface area contributed by atoms with Gasteiger partial charge in [-0.05, 0) is 49.4 Å². The zero-order chi connectivity index (χ0) is 14.8. The first kappa shape index (κ1) is 14.1. The minimum atomic E-state index is 0.121. The van der Waals surface area contributed by atoms with E-state index in [1.807, 2.05) is 29.2 Å². The van der Waals surface area contributed by atoms with Crippen LogP contribution in [0.1, 0.15) is 34.6 Å². The Morgan fingerprint density at radius 3 is 2.90 bits per heavy atom. The van der Waals surface area contributed by atoms with Crippen LogP contribution >= 0.6 is 11.3 Å². The van der Waals surface area contributed by atoms with Crippen LogP contribution in [0.15, 0.2) is 35.7 Å². The number of nitrogens with one attached hydrogen (secondary N) is 1. The number of nitrogens with zero attached hydrogens (tertiary/aromatic N) is 1. The van der Waals surface area contributed by atoms with Crippen molar-refractivity contribution in [2.75, 3.05) is 11.9 Å². The number of hydrogen-bond acceptors (Lipinski definition) is 3. The second-order valence-electron chi connectivity index (χ2n) is 5.69. The Hall–Kier alpha value is -1.81. The molecule has 4 heteroatoms. The van der Waals surface area contributed by atoms with Crippen LogP contribution in [0.5, 0.6) is 0 Å². The largest absolute Gasteiger partial charge is 0.382 e. The Balaban J connectivity index is 1.83. The van der Waals surface area contributed by atoms with Crippen molar-refractivity contribution < 1.29 is 4.79 Å². The predicted molar refractivity (Wildman–Crippen MR) is 88.0 cm³/mol. The van der Waals surface area contributed by atoms with Crippen LogP contribution in [-0.4, -0.2) is 23.4 Å². The number of hydrogen-bond donors (Lipinski definition) is 1. The zero-order valence-electron chi connectivity index (χ0n) is 12.4. The first-order valence-electron chi connectivity index (χ1n) is 7.35. The van der Waals surface area contributed by atoms with E-state index in [2.05, 4.69) is 30.6 Å². The molecule has 0 radical (unpaired) electrons. The summed E-state index contributed by atoms with van der Waals surface area (Å²) in [5.74, 6) is 0.121. The minimum Gasteiger partial charge on any atom is -0.382 e. The summed E-state index contributed by atoms with van der Waals surface area (Å²) >= 11 is 1.80. The van der Waals surface area contributed by atoms with E-state index < -0.39 is 0 Å². The third-order valence-corrected chi connectivity index (χ3v) is 4.72. The van der Waals surface area contributed by atoms with Gasteiger partial charge in [0.15, 0.2) is 0 Å². The molecule has 3 nitrogen and oxygen atoms in total. The highest BCUT2D eigenvalue weighted by Crippen LogP contribution is 2.26. The molecule has 1 aliphatic heterocycles. The molecule has 0 unspecified atom stereocenters. The molecule has 1 aromatic heterocycles. The van der Waals surface area contributed by atoms with Crippen LogP contribution in [0.25, 0.3) is 0 Å². The number of amides is 1. The highest BCUT2D eigenvalue weighted by molar-refractivity contribution is 7.10. The van der Waals surface area contributed by atoms with Crippen LogP contribution in [0, 0.1) is 0 Å². The number of thiophene rings is 1. The predicted octanol–water partition coefficient (Wildman–Crippen LogP) is 3.77. The minimum absolute atomic E-state index is 0.121. The number of carbonyl (C=O) groups is 1. The molecule has 1 N–H and O–H groups in total. The van der Waals surface area contributed by atoms with Crippen LogP contribution in [0.3, 0.4) is 0 Å². The summed E-state index contributed by atoms with van der Waals surface area (Å²) in [6.07, 6.45) is 0.971. The number of rotatable bonds is 3. The second kappa shape index (κ2) is 5.90. The Labute approximate surface area is 129 Å². The summed E-state index contributed by atoms with van der Waals surface area (Å²) in [6.45, 7) is 5.70. The molecule has 0 aliphatic carbocycles. The number of anilines is 1. The van der Waals surface area contributed by atoms with E-state index in [0.717, 1.165) is 30.8 Å². The first-order valence-corrected chi connectivity index (χ1v) is 8.23. The molecule has 1 amide bonds. The van der Waals surface area contributed by atoms with Gasteiger partial charge in [-0.2, -0.15) is 0 Å². The summed E-state index contributed by atoms with van der Waals surface area (Å²) in [5, 5.41) is 5.48. The number of benzene rings is 1. The van der Waals surface area contributed by atoms with Crippen LogP contribution in [0.4, 0.5) is 5.69 Å². The SMILES string of the molecule is CC(C)Nc1ccccc1C(=O)N1CCc2sccc2C1. The van der Waals surface area contributed by atoms with Gasteiger partial charge in [-0.3, -0.25) is 4.79 Å². The Morgan fingerprint density at radius 1 is 1.29 bits per heavy atom. The molecule has 0 fully saturated rings. The van der Waals surface area contributed by atoms with Crippen LogP contribution in [0.2, 0.25) is 0 Å². The lowest BCUT2D eigenvalue weighted by molar-refractivity contribution is 0.0737. The fraction of sp³-hybridized carbons (Fsp3) is 0.353. The molecular formula is C17H20N2OS. The summed E-state index contributed by atoms with van der Waals surface area (Å²) in [5.41, 5.74) is 2.99. The maximum absolute atomic E-state index is 12.8. The van der Waals surface area contributed by atoms with Crippen molar-refractivity contribution in [2.24, 2.45) is 0 Å². The van der Waals surface area contributed by atoms with Crippen LogP contribution in [-0.2, 0) is 13.0 Å². The van der Waals surface area contributed by atoms with Crippen molar-refractivity contribution in [3.05, 3.63) is 51.7 Å². The smallest absolute Gasteiger partial charge is 0.256 e. The lowest BCUT2D eigenvalue weighted by Gasteiger charge is -2.28. The van der Waals surface area contributed by atoms with Gasteiger partial charge in [0, 0.05) is 29.7 Å². The van der Waals surface area contributed by atoms with Crippen molar-refractivity contribution >= 4 is 22.9 Å². The molecule has 110 valence electrons. The van der Waals surface area contributed by atoms with Crippen molar-refractivity contribution in [1.29, 1.82) is 0 Å². The number of carbonyl (C=O) groups excluding carboxylic acids is 1. The third kappa shape index (κ3) is 2.95. The van der Waals surface area contributed by atoms with Gasteiger partial charge in [0.2, 0.25) is 0 Å². The fourth-order valence-electron chi connectivity index (χ4n) is 2.70. The van der Waals surface area contributed by atoms with E-state index in [0.29, 0.717) is 6.04 Å². The lowest BCUT2D eigenvalue weighted by Crippen LogP contribution is -2.35. The molecule has 0 saturated heterocycles. The Morgan fingerprint density at radius 2 is 2.10 bits per heavy atom. The lowest BCUT2D eigenvalue weighted by atomic mass is 10.1. The highest BCUT2D eigenvalue weighted by atomic mass is 32.1. The molecule has 2 heterocycles. The number of fused-ring (bicyclic) bond motifs is 1. The molecule has 0 spiro atoms. The van der Waals surface area contributed by atoms with E-state index in [1.54, 1.807) is 11.3 Å². The molecule has 0 bridgehead atoms. The van der Waals surface area contributed by atoms with E-state index >= 15 is 0 Å². The Bertz CT molecular complexity index is 648. The average molecular weight is 300 g/mol. The molecule has 3 rings (SSSR count). The Kier molecular flexibility index (Phi) is 3.97. The van der Waals surface area contributed by atoms with Gasteiger partial charge < -0.3 is 10.2 Å². The van der Waals surface area contributed by atoms with Crippen molar-refractivity contribution in [3.63, 3.8) is 0 Å². The van der Waals surface area contributed by atoms with Crippen molar-refractivity contribution in [1.82, 2.24) is 4.90 Å².